The third kappa shape index (κ3) is 3.73. The van der Waals surface area contributed by atoms with Crippen LogP contribution in [-0.4, -0.2) is 36.5 Å². The molecule has 2 N–H and O–H groups in total. The number of sulfonamides is 1. The van der Waals surface area contributed by atoms with Crippen LogP contribution in [0.2, 0.25) is 0 Å². The minimum Gasteiger partial charge on any atom is -0.325 e. The highest BCUT2D eigenvalue weighted by atomic mass is 32.2. The van der Waals surface area contributed by atoms with E-state index in [0.717, 1.165) is 9.87 Å². The van der Waals surface area contributed by atoms with Crippen LogP contribution in [0.5, 0.6) is 0 Å². The third-order valence-corrected chi connectivity index (χ3v) is 6.41. The van der Waals surface area contributed by atoms with Gasteiger partial charge in [0.1, 0.15) is 4.90 Å². The van der Waals surface area contributed by atoms with E-state index in [4.69, 9.17) is 0 Å². The van der Waals surface area contributed by atoms with Crippen LogP contribution in [0, 0.1) is 6.92 Å². The van der Waals surface area contributed by atoms with E-state index < -0.39 is 27.9 Å². The zero-order chi connectivity index (χ0) is 21.5. The molecule has 0 aliphatic carbocycles. The number of aryl methyl sites for hydroxylation is 1. The molecule has 1 aliphatic rings. The fraction of sp³-hybridized carbons (Fsp3) is 0.250. The van der Waals surface area contributed by atoms with Gasteiger partial charge in [-0.2, -0.15) is 0 Å². The van der Waals surface area contributed by atoms with E-state index in [0.29, 0.717) is 11.4 Å². The van der Waals surface area contributed by atoms with Gasteiger partial charge in [-0.3, -0.25) is 14.4 Å². The molecule has 2 aromatic rings. The first kappa shape index (κ1) is 20.5. The Labute approximate surface area is 169 Å². The van der Waals surface area contributed by atoms with Gasteiger partial charge in [-0.05, 0) is 56.7 Å². The second kappa shape index (κ2) is 7.32. The van der Waals surface area contributed by atoms with Crippen molar-refractivity contribution < 1.29 is 22.8 Å². The molecule has 2 aromatic carbocycles. The van der Waals surface area contributed by atoms with Crippen LogP contribution in [0.25, 0.3) is 0 Å². The number of nitrogens with zero attached hydrogens (tertiary/aromatic N) is 1. The van der Waals surface area contributed by atoms with Crippen molar-refractivity contribution in [2.24, 2.45) is 0 Å². The van der Waals surface area contributed by atoms with Crippen LogP contribution >= 0.6 is 0 Å². The maximum absolute atomic E-state index is 12.8. The molecule has 0 spiro atoms. The Hall–Kier alpha value is -3.20. The molecule has 3 amide bonds. The van der Waals surface area contributed by atoms with Gasteiger partial charge in [0.05, 0.1) is 16.9 Å². The number of hydrogen-bond acceptors (Lipinski definition) is 5. The first-order chi connectivity index (χ1) is 13.5. The topological polar surface area (TPSA) is 113 Å². The van der Waals surface area contributed by atoms with Crippen molar-refractivity contribution in [2.45, 2.75) is 38.6 Å². The number of carbonyl (C=O) groups excluding carboxylic acids is 3. The third-order valence-electron chi connectivity index (χ3n) is 4.41. The minimum absolute atomic E-state index is 0.0461. The van der Waals surface area contributed by atoms with Crippen LogP contribution in [0.1, 0.15) is 47.1 Å². The smallest absolute Gasteiger partial charge is 0.269 e. The van der Waals surface area contributed by atoms with Crippen molar-refractivity contribution in [1.82, 2.24) is 4.31 Å². The van der Waals surface area contributed by atoms with Crippen LogP contribution in [-0.2, 0) is 14.8 Å². The molecule has 0 fully saturated rings. The molecule has 1 aliphatic heterocycles. The van der Waals surface area contributed by atoms with E-state index in [2.05, 4.69) is 10.6 Å². The monoisotopic (exact) mass is 415 g/mol. The summed E-state index contributed by atoms with van der Waals surface area (Å²) in [6.07, 6.45) is 0. The Morgan fingerprint density at radius 2 is 1.69 bits per heavy atom. The summed E-state index contributed by atoms with van der Waals surface area (Å²) >= 11 is 0. The van der Waals surface area contributed by atoms with Gasteiger partial charge in [0.15, 0.2) is 0 Å². The lowest BCUT2D eigenvalue weighted by atomic mass is 10.1. The summed E-state index contributed by atoms with van der Waals surface area (Å²) in [5.74, 6) is -1.45. The maximum atomic E-state index is 12.8. The fourth-order valence-corrected chi connectivity index (χ4v) is 4.95. The second-order valence-electron chi connectivity index (χ2n) is 7.10. The number of amides is 3. The SMILES string of the molecule is CC(=O)Nc1ccc(C)cc1NC(=O)c1ccc2c(c1)S(=O)(=O)N(C(C)C)C2=O. The Kier molecular flexibility index (Phi) is 5.18. The highest BCUT2D eigenvalue weighted by Gasteiger charge is 2.42. The van der Waals surface area contributed by atoms with Gasteiger partial charge in [0, 0.05) is 18.5 Å². The maximum Gasteiger partial charge on any atom is 0.269 e. The van der Waals surface area contributed by atoms with Crippen LogP contribution in [0.4, 0.5) is 11.4 Å². The number of nitrogens with one attached hydrogen (secondary N) is 2. The lowest BCUT2D eigenvalue weighted by molar-refractivity contribution is -0.114. The Balaban J connectivity index is 1.96. The molecule has 0 unspecified atom stereocenters. The summed E-state index contributed by atoms with van der Waals surface area (Å²) < 4.78 is 26.2. The van der Waals surface area contributed by atoms with Crippen molar-refractivity contribution in [1.29, 1.82) is 0 Å². The van der Waals surface area contributed by atoms with Crippen LogP contribution in [0.3, 0.4) is 0 Å². The van der Waals surface area contributed by atoms with Crippen molar-refractivity contribution >= 4 is 39.1 Å². The van der Waals surface area contributed by atoms with E-state index in [1.54, 1.807) is 32.0 Å². The van der Waals surface area contributed by atoms with Crippen molar-refractivity contribution in [3.8, 4) is 0 Å². The molecule has 9 heteroatoms. The summed E-state index contributed by atoms with van der Waals surface area (Å²) in [4.78, 5) is 36.4. The summed E-state index contributed by atoms with van der Waals surface area (Å²) in [6, 6.07) is 8.56. The second-order valence-corrected chi connectivity index (χ2v) is 8.88. The van der Waals surface area contributed by atoms with E-state index in [-0.39, 0.29) is 21.9 Å². The Morgan fingerprint density at radius 1 is 1.00 bits per heavy atom. The molecule has 152 valence electrons. The average molecular weight is 415 g/mol. The number of hydrogen-bond donors (Lipinski definition) is 2. The van der Waals surface area contributed by atoms with Crippen LogP contribution in [0.15, 0.2) is 41.3 Å². The number of carbonyl (C=O) groups is 3. The summed E-state index contributed by atoms with van der Waals surface area (Å²) in [5, 5.41) is 5.33. The van der Waals surface area contributed by atoms with Crippen molar-refractivity contribution in [2.75, 3.05) is 10.6 Å². The average Bonchev–Trinajstić information content (AvgIpc) is 2.82. The van der Waals surface area contributed by atoms with E-state index in [1.165, 1.54) is 25.1 Å². The summed E-state index contributed by atoms with van der Waals surface area (Å²) in [6.45, 7) is 6.40. The molecule has 0 atom stereocenters. The van der Waals surface area contributed by atoms with Crippen LogP contribution < -0.4 is 10.6 Å². The van der Waals surface area contributed by atoms with Gasteiger partial charge >= 0.3 is 0 Å². The van der Waals surface area contributed by atoms with E-state index >= 15 is 0 Å². The lowest BCUT2D eigenvalue weighted by Gasteiger charge is -2.18. The Morgan fingerprint density at radius 3 is 2.31 bits per heavy atom. The highest BCUT2D eigenvalue weighted by Crippen LogP contribution is 2.33. The quantitative estimate of drug-likeness (QED) is 0.797. The summed E-state index contributed by atoms with van der Waals surface area (Å²) in [5.41, 5.74) is 1.80. The first-order valence-electron chi connectivity index (χ1n) is 8.94. The number of fused-ring (bicyclic) bond motifs is 1. The standard InChI is InChI=1S/C20H21N3O5S/c1-11(2)23-20(26)15-7-6-14(10-18(15)29(23,27)28)19(25)22-17-9-12(3)5-8-16(17)21-13(4)24/h5-11H,1-4H3,(H,21,24)(H,22,25). The first-order valence-corrected chi connectivity index (χ1v) is 10.4. The molecule has 0 radical (unpaired) electrons. The van der Waals surface area contributed by atoms with Gasteiger partial charge in [-0.1, -0.05) is 6.07 Å². The van der Waals surface area contributed by atoms with Crippen molar-refractivity contribution in [3.05, 3.63) is 53.1 Å². The number of rotatable bonds is 4. The van der Waals surface area contributed by atoms with Crippen molar-refractivity contribution in [3.63, 3.8) is 0 Å². The van der Waals surface area contributed by atoms with Gasteiger partial charge < -0.3 is 10.6 Å². The number of benzene rings is 2. The molecular weight excluding hydrogens is 394 g/mol. The van der Waals surface area contributed by atoms with Gasteiger partial charge in [0.25, 0.3) is 21.8 Å². The van der Waals surface area contributed by atoms with Gasteiger partial charge in [-0.15, -0.1) is 0 Å². The highest BCUT2D eigenvalue weighted by molar-refractivity contribution is 7.90. The largest absolute Gasteiger partial charge is 0.325 e. The fourth-order valence-electron chi connectivity index (χ4n) is 3.15. The molecule has 0 saturated carbocycles. The molecule has 0 aromatic heterocycles. The normalized spacial score (nSPS) is 14.7. The molecule has 8 nitrogen and oxygen atoms in total. The van der Waals surface area contributed by atoms with E-state index in [1.807, 2.05) is 6.92 Å². The molecular formula is C20H21N3O5S. The zero-order valence-electron chi connectivity index (χ0n) is 16.4. The van der Waals surface area contributed by atoms with Gasteiger partial charge in [-0.25, -0.2) is 12.7 Å². The zero-order valence-corrected chi connectivity index (χ0v) is 17.3. The molecule has 1 heterocycles. The predicted molar refractivity (Wildman–Crippen MR) is 108 cm³/mol. The van der Waals surface area contributed by atoms with E-state index in [9.17, 15) is 22.8 Å². The van der Waals surface area contributed by atoms with Gasteiger partial charge in [0.2, 0.25) is 5.91 Å². The minimum atomic E-state index is -4.01. The molecule has 3 rings (SSSR count). The Bertz CT molecular complexity index is 1140. The molecule has 0 bridgehead atoms. The molecule has 0 saturated heterocycles. The summed E-state index contributed by atoms with van der Waals surface area (Å²) in [7, 11) is -4.01. The lowest BCUT2D eigenvalue weighted by Crippen LogP contribution is -2.36. The molecule has 29 heavy (non-hydrogen) atoms. The number of anilines is 2. The predicted octanol–water partition coefficient (Wildman–Crippen LogP) is 2.76.